The molecule has 0 fully saturated rings. The van der Waals surface area contributed by atoms with Gasteiger partial charge in [0.1, 0.15) is 0 Å². The largest absolute Gasteiger partial charge is 0.378 e. The van der Waals surface area contributed by atoms with Gasteiger partial charge in [0.2, 0.25) is 0 Å². The second-order valence-corrected chi connectivity index (χ2v) is 6.96. The first kappa shape index (κ1) is 17.4. The number of rotatable bonds is 13. The summed E-state index contributed by atoms with van der Waals surface area (Å²) in [7, 11) is 0. The lowest BCUT2D eigenvalue weighted by Crippen LogP contribution is -2.22. The fraction of sp³-hybridized carbons (Fsp3) is 0.714. The molecule has 0 spiro atoms. The Morgan fingerprint density at radius 2 is 1.27 bits per heavy atom. The number of nitrogens with one attached hydrogen (secondary N) is 1. The van der Waals surface area contributed by atoms with Crippen LogP contribution in [0.25, 0.3) is 0 Å². The number of fused-ring (bicyclic) bond motifs is 1. The number of para-hydroxylation sites is 1. The third kappa shape index (κ3) is 6.02. The zero-order chi connectivity index (χ0) is 15.5. The Bertz CT molecular complexity index is 399. The Morgan fingerprint density at radius 1 is 0.727 bits per heavy atom. The molecular weight excluding hydrogens is 266 g/mol. The highest BCUT2D eigenvalue weighted by Crippen LogP contribution is 2.38. The summed E-state index contributed by atoms with van der Waals surface area (Å²) in [5.74, 6) is 0. The molecule has 0 amide bonds. The van der Waals surface area contributed by atoms with E-state index in [0.717, 1.165) is 0 Å². The molecule has 1 aliphatic rings. The van der Waals surface area contributed by atoms with Crippen molar-refractivity contribution in [2.45, 2.75) is 96.4 Å². The highest BCUT2D eigenvalue weighted by atomic mass is 15.0. The number of unbranched alkanes of at least 4 members (excludes halogenated alkanes) is 11. The molecule has 1 N–H and O–H groups in total. The van der Waals surface area contributed by atoms with Gasteiger partial charge in [-0.15, -0.1) is 0 Å². The van der Waals surface area contributed by atoms with Crippen molar-refractivity contribution in [2.24, 2.45) is 0 Å². The lowest BCUT2D eigenvalue weighted by molar-refractivity contribution is 0.526. The highest BCUT2D eigenvalue weighted by Gasteiger charge is 2.23. The number of hydrogen-bond acceptors (Lipinski definition) is 1. The lowest BCUT2D eigenvalue weighted by Gasteiger charge is -2.32. The summed E-state index contributed by atoms with van der Waals surface area (Å²) in [5.41, 5.74) is 2.89. The van der Waals surface area contributed by atoms with Gasteiger partial charge in [-0.05, 0) is 18.1 Å². The van der Waals surface area contributed by atoms with Gasteiger partial charge < -0.3 is 5.32 Å². The van der Waals surface area contributed by atoms with E-state index in [1.807, 2.05) is 0 Å². The third-order valence-electron chi connectivity index (χ3n) is 5.01. The maximum absolute atomic E-state index is 3.56. The molecule has 0 aromatic heterocycles. The average molecular weight is 302 g/mol. The Kier molecular flexibility index (Phi) is 8.45. The highest BCUT2D eigenvalue weighted by molar-refractivity contribution is 5.62. The summed E-state index contributed by atoms with van der Waals surface area (Å²) in [4.78, 5) is 0. The zero-order valence-electron chi connectivity index (χ0n) is 14.6. The molecule has 1 atom stereocenters. The van der Waals surface area contributed by atoms with Crippen LogP contribution in [0.1, 0.15) is 102 Å². The van der Waals surface area contributed by atoms with Crippen molar-refractivity contribution in [1.82, 2.24) is 0 Å². The summed E-state index contributed by atoms with van der Waals surface area (Å²) in [6, 6.07) is 9.38. The lowest BCUT2D eigenvalue weighted by atomic mass is 9.92. The molecule has 2 rings (SSSR count). The number of benzene rings is 1. The first-order valence-electron chi connectivity index (χ1n) is 9.77. The Morgan fingerprint density at radius 3 is 1.86 bits per heavy atom. The summed E-state index contributed by atoms with van der Waals surface area (Å²) in [5, 5.41) is 3.56. The van der Waals surface area contributed by atoms with Gasteiger partial charge >= 0.3 is 0 Å². The van der Waals surface area contributed by atoms with Crippen LogP contribution in [-0.4, -0.2) is 0 Å². The second kappa shape index (κ2) is 10.7. The van der Waals surface area contributed by atoms with Crippen molar-refractivity contribution in [3.63, 3.8) is 0 Å². The fourth-order valence-corrected chi connectivity index (χ4v) is 3.54. The Balaban J connectivity index is 1.34. The van der Waals surface area contributed by atoms with Crippen LogP contribution in [0.2, 0.25) is 0 Å². The smallest absolute Gasteiger partial charge is 0.0534 e. The first-order valence-corrected chi connectivity index (χ1v) is 9.77. The molecule has 1 heterocycles. The van der Waals surface area contributed by atoms with Crippen molar-refractivity contribution >= 4 is 5.69 Å². The van der Waals surface area contributed by atoms with Crippen LogP contribution in [0, 0.1) is 0 Å². The number of anilines is 1. The molecule has 1 aromatic rings. The van der Waals surface area contributed by atoms with Crippen LogP contribution in [0.15, 0.2) is 24.3 Å². The maximum Gasteiger partial charge on any atom is 0.0534 e. The molecule has 0 aliphatic carbocycles. The minimum absolute atomic E-state index is 0.638. The van der Waals surface area contributed by atoms with Crippen LogP contribution < -0.4 is 5.32 Å². The number of hydrogen-bond donors (Lipinski definition) is 1. The van der Waals surface area contributed by atoms with E-state index in [2.05, 4.69) is 36.5 Å². The third-order valence-corrected chi connectivity index (χ3v) is 5.01. The average Bonchev–Trinajstić information content (AvgIpc) is 2.52. The Hall–Kier alpha value is -0.980. The van der Waals surface area contributed by atoms with Gasteiger partial charge in [-0.1, -0.05) is 102 Å². The van der Waals surface area contributed by atoms with Crippen molar-refractivity contribution < 1.29 is 0 Å². The van der Waals surface area contributed by atoms with Crippen molar-refractivity contribution in [3.05, 3.63) is 29.8 Å². The molecule has 1 nitrogen and oxygen atoms in total. The predicted octanol–water partition coefficient (Wildman–Crippen LogP) is 7.24. The molecule has 22 heavy (non-hydrogen) atoms. The van der Waals surface area contributed by atoms with Gasteiger partial charge in [-0.3, -0.25) is 0 Å². The minimum Gasteiger partial charge on any atom is -0.378 e. The van der Waals surface area contributed by atoms with E-state index in [-0.39, 0.29) is 0 Å². The molecule has 1 heteroatoms. The zero-order valence-corrected chi connectivity index (χ0v) is 14.6. The normalized spacial score (nSPS) is 16.0. The van der Waals surface area contributed by atoms with Crippen molar-refractivity contribution in [3.8, 4) is 0 Å². The predicted molar refractivity (Wildman–Crippen MR) is 98.5 cm³/mol. The van der Waals surface area contributed by atoms with E-state index in [9.17, 15) is 0 Å². The van der Waals surface area contributed by atoms with E-state index in [4.69, 9.17) is 0 Å². The van der Waals surface area contributed by atoms with Gasteiger partial charge in [-0.2, -0.15) is 0 Å². The van der Waals surface area contributed by atoms with E-state index in [1.165, 1.54) is 94.7 Å². The van der Waals surface area contributed by atoms with Gasteiger partial charge in [0.05, 0.1) is 6.04 Å². The maximum atomic E-state index is 3.56. The minimum atomic E-state index is 0.638. The van der Waals surface area contributed by atoms with Gasteiger partial charge in [0.25, 0.3) is 0 Å². The van der Waals surface area contributed by atoms with E-state index in [1.54, 1.807) is 0 Å². The van der Waals surface area contributed by atoms with E-state index in [0.29, 0.717) is 6.04 Å². The topological polar surface area (TPSA) is 12.0 Å². The Labute approximate surface area is 137 Å². The second-order valence-electron chi connectivity index (χ2n) is 6.96. The molecule has 0 bridgehead atoms. The fourth-order valence-electron chi connectivity index (χ4n) is 3.54. The SMILES string of the molecule is CCCCCCCCCCCCCCC1Nc2ccccc21. The van der Waals surface area contributed by atoms with E-state index >= 15 is 0 Å². The van der Waals surface area contributed by atoms with Crippen LogP contribution in [0.5, 0.6) is 0 Å². The molecule has 1 aromatic carbocycles. The summed E-state index contributed by atoms with van der Waals surface area (Å²) in [6.45, 7) is 2.29. The van der Waals surface area contributed by atoms with Crippen molar-refractivity contribution in [1.29, 1.82) is 0 Å². The molecular formula is C21H35N. The summed E-state index contributed by atoms with van der Waals surface area (Å²) in [6.07, 6.45) is 18.5. The molecule has 0 saturated carbocycles. The molecule has 1 unspecified atom stereocenters. The van der Waals surface area contributed by atoms with Crippen LogP contribution in [0.3, 0.4) is 0 Å². The summed E-state index contributed by atoms with van der Waals surface area (Å²) >= 11 is 0. The van der Waals surface area contributed by atoms with Gasteiger partial charge in [-0.25, -0.2) is 0 Å². The van der Waals surface area contributed by atoms with E-state index < -0.39 is 0 Å². The van der Waals surface area contributed by atoms with Crippen LogP contribution >= 0.6 is 0 Å². The van der Waals surface area contributed by atoms with Crippen LogP contribution in [0.4, 0.5) is 5.69 Å². The van der Waals surface area contributed by atoms with Gasteiger partial charge in [0.15, 0.2) is 0 Å². The molecule has 0 saturated heterocycles. The van der Waals surface area contributed by atoms with Crippen molar-refractivity contribution in [2.75, 3.05) is 5.32 Å². The van der Waals surface area contributed by atoms with Gasteiger partial charge in [0, 0.05) is 5.69 Å². The molecule has 124 valence electrons. The van der Waals surface area contributed by atoms with Crippen LogP contribution in [-0.2, 0) is 0 Å². The molecule has 0 radical (unpaired) electrons. The standard InChI is InChI=1S/C21H35N/c1-2-3-4-5-6-7-8-9-10-11-12-13-17-20-19-16-14-15-18-21(19)22-20/h14-16,18,20,22H,2-13,17H2,1H3. The summed E-state index contributed by atoms with van der Waals surface area (Å²) < 4.78 is 0. The molecule has 1 aliphatic heterocycles. The quantitative estimate of drug-likeness (QED) is 0.378. The monoisotopic (exact) mass is 301 g/mol. The first-order chi connectivity index (χ1) is 10.9.